The first-order valence-electron chi connectivity index (χ1n) is 4.51. The van der Waals surface area contributed by atoms with Crippen molar-refractivity contribution in [2.75, 3.05) is 20.6 Å². The van der Waals surface area contributed by atoms with Crippen LogP contribution in [0, 0.1) is 5.41 Å². The summed E-state index contributed by atoms with van der Waals surface area (Å²) in [6.45, 7) is 9.71. The predicted octanol–water partition coefficient (Wildman–Crippen LogP) is 2.40. The van der Waals surface area contributed by atoms with Crippen LogP contribution in [-0.2, 0) is 0 Å². The molecule has 0 aromatic heterocycles. The minimum atomic E-state index is 0.399. The van der Waals surface area contributed by atoms with Crippen molar-refractivity contribution >= 4 is 5.84 Å². The second-order valence-electron chi connectivity index (χ2n) is 4.63. The Morgan fingerprint density at radius 3 is 2.08 bits per heavy atom. The van der Waals surface area contributed by atoms with Crippen LogP contribution in [0.5, 0.6) is 0 Å². The summed E-state index contributed by atoms with van der Waals surface area (Å²) in [7, 11) is 4.05. The van der Waals surface area contributed by atoms with Crippen LogP contribution in [0.1, 0.15) is 34.1 Å². The van der Waals surface area contributed by atoms with Crippen molar-refractivity contribution in [2.45, 2.75) is 34.1 Å². The first-order chi connectivity index (χ1) is 5.33. The Morgan fingerprint density at radius 1 is 1.25 bits per heavy atom. The van der Waals surface area contributed by atoms with Gasteiger partial charge in [0, 0.05) is 20.6 Å². The lowest BCUT2D eigenvalue weighted by Crippen LogP contribution is -2.19. The highest BCUT2D eigenvalue weighted by atomic mass is 15.1. The maximum atomic E-state index is 4.45. The summed E-state index contributed by atoms with van der Waals surface area (Å²) in [5.74, 6) is 1.11. The highest BCUT2D eigenvalue weighted by molar-refractivity contribution is 5.79. The van der Waals surface area contributed by atoms with E-state index in [0.717, 1.165) is 18.8 Å². The van der Waals surface area contributed by atoms with E-state index < -0.39 is 0 Å². The maximum Gasteiger partial charge on any atom is 0.0952 e. The normalized spacial score (nSPS) is 13.3. The summed E-state index contributed by atoms with van der Waals surface area (Å²) in [5, 5.41) is 0. The molecule has 0 radical (unpaired) electrons. The average Bonchev–Trinajstić information content (AvgIpc) is 1.84. The van der Waals surface area contributed by atoms with Gasteiger partial charge in [-0.25, -0.2) is 0 Å². The van der Waals surface area contributed by atoms with Crippen molar-refractivity contribution in [3.8, 4) is 0 Å². The molecule has 0 unspecified atom stereocenters. The second-order valence-corrected chi connectivity index (χ2v) is 4.63. The van der Waals surface area contributed by atoms with Crippen LogP contribution in [0.4, 0.5) is 0 Å². The van der Waals surface area contributed by atoms with Crippen molar-refractivity contribution in [3.63, 3.8) is 0 Å². The minimum absolute atomic E-state index is 0.399. The molecule has 72 valence electrons. The van der Waals surface area contributed by atoms with E-state index in [1.165, 1.54) is 0 Å². The Hall–Kier alpha value is -0.530. The van der Waals surface area contributed by atoms with Crippen molar-refractivity contribution in [1.82, 2.24) is 4.90 Å². The second kappa shape index (κ2) is 4.48. The third-order valence-corrected chi connectivity index (χ3v) is 1.85. The molecule has 0 saturated carbocycles. The Kier molecular flexibility index (Phi) is 4.29. The van der Waals surface area contributed by atoms with Gasteiger partial charge >= 0.3 is 0 Å². The first-order valence-corrected chi connectivity index (χ1v) is 4.51. The molecule has 0 rings (SSSR count). The van der Waals surface area contributed by atoms with E-state index in [9.17, 15) is 0 Å². The van der Waals surface area contributed by atoms with Crippen molar-refractivity contribution in [2.24, 2.45) is 10.4 Å². The van der Waals surface area contributed by atoms with Gasteiger partial charge in [-0.2, -0.15) is 0 Å². The SMILES string of the molecule is CC(=NCCC(C)(C)C)N(C)C. The van der Waals surface area contributed by atoms with E-state index in [1.807, 2.05) is 25.9 Å². The summed E-state index contributed by atoms with van der Waals surface area (Å²) in [5.41, 5.74) is 0.399. The van der Waals surface area contributed by atoms with E-state index in [4.69, 9.17) is 0 Å². The maximum absolute atomic E-state index is 4.45. The molecule has 0 aliphatic heterocycles. The fraction of sp³-hybridized carbons (Fsp3) is 0.900. The topological polar surface area (TPSA) is 15.6 Å². The van der Waals surface area contributed by atoms with Gasteiger partial charge in [0.25, 0.3) is 0 Å². The zero-order valence-corrected chi connectivity index (χ0v) is 9.31. The monoisotopic (exact) mass is 170 g/mol. The van der Waals surface area contributed by atoms with Crippen LogP contribution in [0.15, 0.2) is 4.99 Å². The summed E-state index contributed by atoms with van der Waals surface area (Å²) >= 11 is 0. The molecule has 0 bridgehead atoms. The van der Waals surface area contributed by atoms with E-state index in [-0.39, 0.29) is 0 Å². The third-order valence-electron chi connectivity index (χ3n) is 1.85. The molecular weight excluding hydrogens is 148 g/mol. The number of aliphatic imine (C=N–C) groups is 1. The number of nitrogens with zero attached hydrogens (tertiary/aromatic N) is 2. The lowest BCUT2D eigenvalue weighted by Gasteiger charge is -2.17. The van der Waals surface area contributed by atoms with Crippen LogP contribution in [0.2, 0.25) is 0 Å². The Bertz CT molecular complexity index is 152. The molecule has 0 N–H and O–H groups in total. The molecule has 2 nitrogen and oxygen atoms in total. The molecule has 0 spiro atoms. The van der Waals surface area contributed by atoms with Crippen LogP contribution >= 0.6 is 0 Å². The fourth-order valence-corrected chi connectivity index (χ4v) is 0.695. The largest absolute Gasteiger partial charge is 0.367 e. The average molecular weight is 170 g/mol. The molecule has 0 aliphatic carbocycles. The number of hydrogen-bond donors (Lipinski definition) is 0. The lowest BCUT2D eigenvalue weighted by molar-refractivity contribution is 0.384. The van der Waals surface area contributed by atoms with Crippen molar-refractivity contribution < 1.29 is 0 Å². The third kappa shape index (κ3) is 6.20. The van der Waals surface area contributed by atoms with E-state index in [2.05, 4.69) is 25.8 Å². The molecule has 0 aliphatic rings. The van der Waals surface area contributed by atoms with Gasteiger partial charge in [0.2, 0.25) is 0 Å². The number of amidine groups is 1. The smallest absolute Gasteiger partial charge is 0.0952 e. The van der Waals surface area contributed by atoms with Gasteiger partial charge in [0.1, 0.15) is 0 Å². The zero-order chi connectivity index (χ0) is 9.78. The molecule has 0 aromatic rings. The molecule has 0 aromatic carbocycles. The van der Waals surface area contributed by atoms with Gasteiger partial charge < -0.3 is 4.90 Å². The molecule has 12 heavy (non-hydrogen) atoms. The highest BCUT2D eigenvalue weighted by Gasteiger charge is 2.08. The fourth-order valence-electron chi connectivity index (χ4n) is 0.695. The van der Waals surface area contributed by atoms with E-state index >= 15 is 0 Å². The Balaban J connectivity index is 3.75. The number of rotatable bonds is 2. The molecule has 0 atom stereocenters. The van der Waals surface area contributed by atoms with Crippen LogP contribution in [0.3, 0.4) is 0 Å². The van der Waals surface area contributed by atoms with E-state index in [0.29, 0.717) is 5.41 Å². The molecule has 0 amide bonds. The van der Waals surface area contributed by atoms with Gasteiger partial charge in [-0.3, -0.25) is 4.99 Å². The lowest BCUT2D eigenvalue weighted by atomic mass is 9.92. The summed E-state index contributed by atoms with van der Waals surface area (Å²) in [6.07, 6.45) is 1.15. The van der Waals surface area contributed by atoms with Gasteiger partial charge in [-0.1, -0.05) is 20.8 Å². The molecule has 2 heteroatoms. The standard InChI is InChI=1S/C10H22N2/c1-9(12(5)6)11-8-7-10(2,3)4/h7-8H2,1-6H3. The Labute approximate surface area is 76.7 Å². The van der Waals surface area contributed by atoms with E-state index in [1.54, 1.807) is 0 Å². The van der Waals surface area contributed by atoms with Crippen molar-refractivity contribution in [1.29, 1.82) is 0 Å². The van der Waals surface area contributed by atoms with Crippen LogP contribution in [-0.4, -0.2) is 31.4 Å². The van der Waals surface area contributed by atoms with Crippen molar-refractivity contribution in [3.05, 3.63) is 0 Å². The molecule has 0 fully saturated rings. The molecular formula is C10H22N2. The van der Waals surface area contributed by atoms with Gasteiger partial charge in [-0.15, -0.1) is 0 Å². The molecule has 0 heterocycles. The minimum Gasteiger partial charge on any atom is -0.367 e. The molecule has 0 saturated heterocycles. The van der Waals surface area contributed by atoms with Crippen LogP contribution < -0.4 is 0 Å². The van der Waals surface area contributed by atoms with Gasteiger partial charge in [0.05, 0.1) is 5.84 Å². The highest BCUT2D eigenvalue weighted by Crippen LogP contribution is 2.17. The Morgan fingerprint density at radius 2 is 1.75 bits per heavy atom. The van der Waals surface area contributed by atoms with Gasteiger partial charge in [-0.05, 0) is 18.8 Å². The zero-order valence-electron chi connectivity index (χ0n) is 9.31. The van der Waals surface area contributed by atoms with Crippen LogP contribution in [0.25, 0.3) is 0 Å². The predicted molar refractivity (Wildman–Crippen MR) is 55.7 cm³/mol. The summed E-state index contributed by atoms with van der Waals surface area (Å²) < 4.78 is 0. The first kappa shape index (κ1) is 11.5. The summed E-state index contributed by atoms with van der Waals surface area (Å²) in [6, 6.07) is 0. The number of hydrogen-bond acceptors (Lipinski definition) is 1. The van der Waals surface area contributed by atoms with Gasteiger partial charge in [0.15, 0.2) is 0 Å². The summed E-state index contributed by atoms with van der Waals surface area (Å²) in [4.78, 5) is 6.50. The quantitative estimate of drug-likeness (QED) is 0.459.